The number of aromatic nitrogens is 4. The summed E-state index contributed by atoms with van der Waals surface area (Å²) in [5, 5.41) is 9.23. The zero-order chi connectivity index (χ0) is 20.8. The highest BCUT2D eigenvalue weighted by molar-refractivity contribution is 7.99. The minimum absolute atomic E-state index is 0.0500. The Bertz CT molecular complexity index is 982. The van der Waals surface area contributed by atoms with Gasteiger partial charge in [-0.2, -0.15) is 13.9 Å². The second-order valence-electron chi connectivity index (χ2n) is 5.81. The Morgan fingerprint density at radius 2 is 1.79 bits per heavy atom. The molecule has 0 aliphatic rings. The predicted molar refractivity (Wildman–Crippen MR) is 104 cm³/mol. The predicted octanol–water partition coefficient (Wildman–Crippen LogP) is 3.44. The first-order valence-corrected chi connectivity index (χ1v) is 9.28. The van der Waals surface area contributed by atoms with Gasteiger partial charge in [-0.3, -0.25) is 9.59 Å². The Hall–Kier alpha value is -3.34. The van der Waals surface area contributed by atoms with E-state index in [1.807, 2.05) is 0 Å². The van der Waals surface area contributed by atoms with E-state index >= 15 is 0 Å². The van der Waals surface area contributed by atoms with E-state index in [9.17, 15) is 18.4 Å². The monoisotopic (exact) mass is 418 g/mol. The zero-order valence-corrected chi connectivity index (χ0v) is 15.9. The molecule has 0 fully saturated rings. The van der Waals surface area contributed by atoms with Gasteiger partial charge in [0.2, 0.25) is 5.91 Å². The highest BCUT2D eigenvalue weighted by Crippen LogP contribution is 2.27. The molecule has 0 spiro atoms. The molecular formula is C18H16F2N6O2S. The SMILES string of the molecule is CC(C(=O)Nc1ccc(NC(=O)c2cccnc2SC(F)F)cc1)n1cncn1. The Kier molecular flexibility index (Phi) is 6.50. The normalized spacial score (nSPS) is 11.9. The van der Waals surface area contributed by atoms with Crippen LogP contribution >= 0.6 is 11.8 Å². The molecule has 0 aliphatic carbocycles. The van der Waals surface area contributed by atoms with Crippen molar-refractivity contribution in [2.75, 3.05) is 10.6 Å². The standard InChI is InChI=1S/C18H16F2N6O2S/c1-11(26-10-21-9-23-26)15(27)24-12-4-6-13(7-5-12)25-16(28)14-3-2-8-22-17(14)29-18(19)20/h2-11,18H,1H3,(H,24,27)(H,25,28). The molecule has 0 saturated carbocycles. The van der Waals surface area contributed by atoms with Crippen LogP contribution in [0.2, 0.25) is 0 Å². The maximum Gasteiger partial charge on any atom is 0.290 e. The molecule has 2 heterocycles. The summed E-state index contributed by atoms with van der Waals surface area (Å²) in [5.41, 5.74) is 1.02. The molecule has 0 bridgehead atoms. The van der Waals surface area contributed by atoms with E-state index in [2.05, 4.69) is 25.7 Å². The van der Waals surface area contributed by atoms with Gasteiger partial charge in [0.25, 0.3) is 11.7 Å². The van der Waals surface area contributed by atoms with E-state index in [1.54, 1.807) is 31.2 Å². The highest BCUT2D eigenvalue weighted by Gasteiger charge is 2.17. The van der Waals surface area contributed by atoms with Crippen molar-refractivity contribution >= 4 is 35.0 Å². The second kappa shape index (κ2) is 9.24. The molecule has 0 saturated heterocycles. The van der Waals surface area contributed by atoms with Gasteiger partial charge in [-0.05, 0) is 55.1 Å². The van der Waals surface area contributed by atoms with E-state index in [0.717, 1.165) is 0 Å². The number of alkyl halides is 2. The third-order valence-corrected chi connectivity index (χ3v) is 4.57. The van der Waals surface area contributed by atoms with E-state index in [-0.39, 0.29) is 28.3 Å². The van der Waals surface area contributed by atoms with Crippen LogP contribution in [-0.2, 0) is 4.79 Å². The molecule has 3 aromatic rings. The van der Waals surface area contributed by atoms with Crippen LogP contribution in [0.25, 0.3) is 0 Å². The number of benzene rings is 1. The van der Waals surface area contributed by atoms with E-state index in [1.165, 1.54) is 35.7 Å². The van der Waals surface area contributed by atoms with Gasteiger partial charge in [0.15, 0.2) is 0 Å². The molecule has 3 rings (SSSR count). The molecule has 1 atom stereocenters. The van der Waals surface area contributed by atoms with Crippen LogP contribution in [0.4, 0.5) is 20.2 Å². The number of halogens is 2. The molecule has 150 valence electrons. The number of nitrogens with zero attached hydrogens (tertiary/aromatic N) is 4. The lowest BCUT2D eigenvalue weighted by molar-refractivity contribution is -0.119. The van der Waals surface area contributed by atoms with Crippen molar-refractivity contribution in [1.29, 1.82) is 0 Å². The van der Waals surface area contributed by atoms with Gasteiger partial charge in [-0.25, -0.2) is 14.6 Å². The van der Waals surface area contributed by atoms with Crippen LogP contribution in [0.3, 0.4) is 0 Å². The van der Waals surface area contributed by atoms with Gasteiger partial charge in [0.1, 0.15) is 23.7 Å². The number of anilines is 2. The quantitative estimate of drug-likeness (QED) is 0.570. The van der Waals surface area contributed by atoms with E-state index < -0.39 is 17.7 Å². The van der Waals surface area contributed by atoms with Crippen LogP contribution in [0, 0.1) is 0 Å². The number of rotatable bonds is 7. The van der Waals surface area contributed by atoms with Crippen molar-refractivity contribution in [2.45, 2.75) is 23.7 Å². The van der Waals surface area contributed by atoms with Crippen LogP contribution in [-0.4, -0.2) is 37.3 Å². The first-order chi connectivity index (χ1) is 13.9. The first-order valence-electron chi connectivity index (χ1n) is 8.40. The lowest BCUT2D eigenvalue weighted by Gasteiger charge is -2.13. The Morgan fingerprint density at radius 1 is 1.10 bits per heavy atom. The fourth-order valence-corrected chi connectivity index (χ4v) is 2.94. The van der Waals surface area contributed by atoms with Crippen molar-refractivity contribution in [3.8, 4) is 0 Å². The van der Waals surface area contributed by atoms with Crippen molar-refractivity contribution in [1.82, 2.24) is 19.7 Å². The number of amides is 2. The van der Waals surface area contributed by atoms with Gasteiger partial charge < -0.3 is 10.6 Å². The van der Waals surface area contributed by atoms with Gasteiger partial charge in [0, 0.05) is 17.6 Å². The smallest absolute Gasteiger partial charge is 0.290 e. The lowest BCUT2D eigenvalue weighted by Crippen LogP contribution is -2.24. The number of nitrogens with one attached hydrogen (secondary N) is 2. The molecule has 2 amide bonds. The van der Waals surface area contributed by atoms with Crippen LogP contribution in [0.15, 0.2) is 60.3 Å². The van der Waals surface area contributed by atoms with Crippen molar-refractivity contribution < 1.29 is 18.4 Å². The minimum Gasteiger partial charge on any atom is -0.324 e. The number of hydrogen-bond donors (Lipinski definition) is 2. The summed E-state index contributed by atoms with van der Waals surface area (Å²) in [5.74, 6) is -3.52. The second-order valence-corrected chi connectivity index (χ2v) is 6.79. The summed E-state index contributed by atoms with van der Waals surface area (Å²) in [6.07, 6.45) is 4.13. The van der Waals surface area contributed by atoms with Crippen LogP contribution in [0.5, 0.6) is 0 Å². The molecule has 1 aromatic carbocycles. The fourth-order valence-electron chi connectivity index (χ4n) is 2.36. The summed E-state index contributed by atoms with van der Waals surface area (Å²) < 4.78 is 26.7. The Labute approximate surface area is 168 Å². The summed E-state index contributed by atoms with van der Waals surface area (Å²) in [6.45, 7) is 1.68. The average Bonchev–Trinajstić information content (AvgIpc) is 3.23. The minimum atomic E-state index is -2.68. The zero-order valence-electron chi connectivity index (χ0n) is 15.1. The maximum absolute atomic E-state index is 12.6. The number of pyridine rings is 1. The fraction of sp³-hybridized carbons (Fsp3) is 0.167. The van der Waals surface area contributed by atoms with Gasteiger partial charge in [-0.1, -0.05) is 0 Å². The Morgan fingerprint density at radius 3 is 2.41 bits per heavy atom. The largest absolute Gasteiger partial charge is 0.324 e. The average molecular weight is 418 g/mol. The summed E-state index contributed by atoms with van der Waals surface area (Å²) in [7, 11) is 0. The molecule has 0 aliphatic heterocycles. The molecular weight excluding hydrogens is 402 g/mol. The van der Waals surface area contributed by atoms with Crippen molar-refractivity contribution in [3.05, 3.63) is 60.8 Å². The van der Waals surface area contributed by atoms with Crippen molar-refractivity contribution in [3.63, 3.8) is 0 Å². The molecule has 0 radical (unpaired) electrons. The molecule has 11 heteroatoms. The number of carbonyl (C=O) groups is 2. The maximum atomic E-state index is 12.6. The molecule has 29 heavy (non-hydrogen) atoms. The number of carbonyl (C=O) groups excluding carboxylic acids is 2. The van der Waals surface area contributed by atoms with Crippen molar-refractivity contribution in [2.24, 2.45) is 0 Å². The molecule has 1 unspecified atom stereocenters. The highest BCUT2D eigenvalue weighted by atomic mass is 32.2. The topological polar surface area (TPSA) is 102 Å². The summed E-state index contributed by atoms with van der Waals surface area (Å²) in [6, 6.07) is 8.77. The van der Waals surface area contributed by atoms with Crippen LogP contribution in [0.1, 0.15) is 23.3 Å². The summed E-state index contributed by atoms with van der Waals surface area (Å²) in [4.78, 5) is 32.3. The molecule has 2 aromatic heterocycles. The molecule has 2 N–H and O–H groups in total. The van der Waals surface area contributed by atoms with E-state index in [4.69, 9.17) is 0 Å². The first kappa shape index (κ1) is 20.4. The number of thioether (sulfide) groups is 1. The van der Waals surface area contributed by atoms with Gasteiger partial charge in [-0.15, -0.1) is 0 Å². The molecule has 8 nitrogen and oxygen atoms in total. The van der Waals surface area contributed by atoms with Crippen LogP contribution < -0.4 is 10.6 Å². The third kappa shape index (κ3) is 5.35. The third-order valence-electron chi connectivity index (χ3n) is 3.84. The summed E-state index contributed by atoms with van der Waals surface area (Å²) >= 11 is 0.210. The Balaban J connectivity index is 1.64. The van der Waals surface area contributed by atoms with Gasteiger partial charge in [0.05, 0.1) is 5.56 Å². The van der Waals surface area contributed by atoms with E-state index in [0.29, 0.717) is 11.4 Å². The lowest BCUT2D eigenvalue weighted by atomic mass is 10.2. The number of hydrogen-bond acceptors (Lipinski definition) is 6. The van der Waals surface area contributed by atoms with Gasteiger partial charge >= 0.3 is 0 Å².